The van der Waals surface area contributed by atoms with Gasteiger partial charge in [0, 0.05) is 24.7 Å². The smallest absolute Gasteiger partial charge is 0.254 e. The molecule has 6 heteroatoms. The highest BCUT2D eigenvalue weighted by atomic mass is 19.1. The standard InChI is InChI=1S/C12H14F2N2O2/c13-9-3-8(4-10(14)5-9)12(17)16-1-2-18-7-11(16)6-15/h3-5,11H,1-2,6-7,15H2. The van der Waals surface area contributed by atoms with Crippen LogP contribution in [0.15, 0.2) is 18.2 Å². The first-order valence-corrected chi connectivity index (χ1v) is 5.66. The molecule has 1 aliphatic rings. The molecule has 0 spiro atoms. The average molecular weight is 256 g/mol. The van der Waals surface area contributed by atoms with Gasteiger partial charge < -0.3 is 15.4 Å². The number of rotatable bonds is 2. The molecular formula is C12H14F2N2O2. The van der Waals surface area contributed by atoms with Crippen LogP contribution in [0.3, 0.4) is 0 Å². The van der Waals surface area contributed by atoms with Crippen LogP contribution in [0.5, 0.6) is 0 Å². The quantitative estimate of drug-likeness (QED) is 0.850. The Kier molecular flexibility index (Phi) is 3.88. The van der Waals surface area contributed by atoms with Crippen molar-refractivity contribution < 1.29 is 18.3 Å². The highest BCUT2D eigenvalue weighted by Crippen LogP contribution is 2.14. The summed E-state index contributed by atoms with van der Waals surface area (Å²) in [4.78, 5) is 13.7. The summed E-state index contributed by atoms with van der Waals surface area (Å²) in [5, 5.41) is 0. The second-order valence-electron chi connectivity index (χ2n) is 4.12. The van der Waals surface area contributed by atoms with Gasteiger partial charge in [-0.05, 0) is 12.1 Å². The van der Waals surface area contributed by atoms with Crippen molar-refractivity contribution in [2.75, 3.05) is 26.3 Å². The van der Waals surface area contributed by atoms with Crippen LogP contribution in [-0.4, -0.2) is 43.2 Å². The lowest BCUT2D eigenvalue weighted by molar-refractivity contribution is 0.000796. The van der Waals surface area contributed by atoms with Crippen LogP contribution in [-0.2, 0) is 4.74 Å². The number of carbonyl (C=O) groups is 1. The number of nitrogens with two attached hydrogens (primary N) is 1. The van der Waals surface area contributed by atoms with Gasteiger partial charge in [0.2, 0.25) is 0 Å². The maximum absolute atomic E-state index is 13.1. The van der Waals surface area contributed by atoms with Gasteiger partial charge in [0.15, 0.2) is 0 Å². The lowest BCUT2D eigenvalue weighted by Gasteiger charge is -2.34. The fraction of sp³-hybridized carbons (Fsp3) is 0.417. The predicted molar refractivity (Wildman–Crippen MR) is 61.1 cm³/mol. The molecule has 1 amide bonds. The molecule has 1 aromatic rings. The van der Waals surface area contributed by atoms with Crippen molar-refractivity contribution in [1.29, 1.82) is 0 Å². The highest BCUT2D eigenvalue weighted by molar-refractivity contribution is 5.94. The molecule has 1 unspecified atom stereocenters. The SMILES string of the molecule is NCC1COCCN1C(=O)c1cc(F)cc(F)c1. The third-order valence-electron chi connectivity index (χ3n) is 2.87. The summed E-state index contributed by atoms with van der Waals surface area (Å²) in [5.74, 6) is -1.96. The van der Waals surface area contributed by atoms with Gasteiger partial charge in [-0.2, -0.15) is 0 Å². The lowest BCUT2D eigenvalue weighted by Crippen LogP contribution is -2.52. The Bertz CT molecular complexity index is 433. The number of morpholine rings is 1. The fourth-order valence-corrected chi connectivity index (χ4v) is 1.96. The van der Waals surface area contributed by atoms with Crippen LogP contribution in [0.4, 0.5) is 8.78 Å². The van der Waals surface area contributed by atoms with E-state index in [9.17, 15) is 13.6 Å². The zero-order valence-corrected chi connectivity index (χ0v) is 9.73. The Balaban J connectivity index is 2.23. The van der Waals surface area contributed by atoms with Crippen LogP contribution in [0.1, 0.15) is 10.4 Å². The van der Waals surface area contributed by atoms with Crippen LogP contribution in [0.25, 0.3) is 0 Å². The molecule has 1 atom stereocenters. The lowest BCUT2D eigenvalue weighted by atomic mass is 10.1. The van der Waals surface area contributed by atoms with Crippen molar-refractivity contribution >= 4 is 5.91 Å². The maximum atomic E-state index is 13.1. The number of amides is 1. The van der Waals surface area contributed by atoms with E-state index in [1.807, 2.05) is 0 Å². The molecule has 1 saturated heterocycles. The van der Waals surface area contributed by atoms with Crippen molar-refractivity contribution in [1.82, 2.24) is 4.90 Å². The first-order chi connectivity index (χ1) is 8.61. The van der Waals surface area contributed by atoms with E-state index in [1.165, 1.54) is 4.90 Å². The van der Waals surface area contributed by atoms with E-state index in [0.717, 1.165) is 18.2 Å². The van der Waals surface area contributed by atoms with Gasteiger partial charge in [-0.25, -0.2) is 8.78 Å². The molecule has 0 aliphatic carbocycles. The summed E-state index contributed by atoms with van der Waals surface area (Å²) in [5.41, 5.74) is 5.54. The molecule has 98 valence electrons. The van der Waals surface area contributed by atoms with Crippen LogP contribution < -0.4 is 5.73 Å². The van der Waals surface area contributed by atoms with Crippen molar-refractivity contribution in [3.63, 3.8) is 0 Å². The van der Waals surface area contributed by atoms with Gasteiger partial charge in [-0.15, -0.1) is 0 Å². The van der Waals surface area contributed by atoms with E-state index in [2.05, 4.69) is 0 Å². The number of carbonyl (C=O) groups excluding carboxylic acids is 1. The molecule has 0 bridgehead atoms. The van der Waals surface area contributed by atoms with E-state index < -0.39 is 17.5 Å². The van der Waals surface area contributed by atoms with Crippen molar-refractivity contribution in [3.05, 3.63) is 35.4 Å². The zero-order valence-electron chi connectivity index (χ0n) is 9.73. The molecule has 4 nitrogen and oxygen atoms in total. The molecular weight excluding hydrogens is 242 g/mol. The minimum atomic E-state index is -0.768. The summed E-state index contributed by atoms with van der Waals surface area (Å²) in [6.07, 6.45) is 0. The monoisotopic (exact) mass is 256 g/mol. The molecule has 1 aliphatic heterocycles. The molecule has 18 heavy (non-hydrogen) atoms. The Labute approximate surface area is 103 Å². The number of halogens is 2. The summed E-state index contributed by atoms with van der Waals surface area (Å²) in [7, 11) is 0. The van der Waals surface area contributed by atoms with E-state index in [1.54, 1.807) is 0 Å². The minimum absolute atomic E-state index is 0.00662. The molecule has 2 N–H and O–H groups in total. The summed E-state index contributed by atoms with van der Waals surface area (Å²) < 4.78 is 31.4. The molecule has 2 rings (SSSR count). The maximum Gasteiger partial charge on any atom is 0.254 e. The van der Waals surface area contributed by atoms with Gasteiger partial charge in [-0.3, -0.25) is 4.79 Å². The number of nitrogens with zero attached hydrogens (tertiary/aromatic N) is 1. The van der Waals surface area contributed by atoms with Crippen LogP contribution in [0.2, 0.25) is 0 Å². The second-order valence-corrected chi connectivity index (χ2v) is 4.12. The largest absolute Gasteiger partial charge is 0.377 e. The van der Waals surface area contributed by atoms with E-state index >= 15 is 0 Å². The van der Waals surface area contributed by atoms with Gasteiger partial charge in [0.25, 0.3) is 5.91 Å². The van der Waals surface area contributed by atoms with Gasteiger partial charge in [0.05, 0.1) is 19.3 Å². The Morgan fingerprint density at radius 2 is 2.06 bits per heavy atom. The topological polar surface area (TPSA) is 55.6 Å². The second kappa shape index (κ2) is 5.41. The van der Waals surface area contributed by atoms with Crippen LogP contribution in [0, 0.1) is 11.6 Å². The van der Waals surface area contributed by atoms with Crippen LogP contribution >= 0.6 is 0 Å². The summed E-state index contributed by atoms with van der Waals surface area (Å²) >= 11 is 0. The average Bonchev–Trinajstić information content (AvgIpc) is 2.36. The normalized spacial score (nSPS) is 19.9. The van der Waals surface area contributed by atoms with Crippen molar-refractivity contribution in [3.8, 4) is 0 Å². The van der Waals surface area contributed by atoms with E-state index in [4.69, 9.17) is 10.5 Å². The first kappa shape index (κ1) is 12.9. The van der Waals surface area contributed by atoms with Crippen molar-refractivity contribution in [2.45, 2.75) is 6.04 Å². The van der Waals surface area contributed by atoms with E-state index in [-0.39, 0.29) is 18.2 Å². The Hall–Kier alpha value is -1.53. The zero-order chi connectivity index (χ0) is 13.1. The van der Waals surface area contributed by atoms with E-state index in [0.29, 0.717) is 19.8 Å². The fourth-order valence-electron chi connectivity index (χ4n) is 1.96. The minimum Gasteiger partial charge on any atom is -0.377 e. The molecule has 0 aromatic heterocycles. The summed E-state index contributed by atoms with van der Waals surface area (Å²) in [6, 6.07) is 2.52. The number of ether oxygens (including phenoxy) is 1. The number of hydrogen-bond acceptors (Lipinski definition) is 3. The predicted octanol–water partition coefficient (Wildman–Crippen LogP) is 0.764. The van der Waals surface area contributed by atoms with Gasteiger partial charge in [0.1, 0.15) is 11.6 Å². The number of hydrogen-bond donors (Lipinski definition) is 1. The molecule has 1 aromatic carbocycles. The third kappa shape index (κ3) is 2.65. The molecule has 1 fully saturated rings. The van der Waals surface area contributed by atoms with Gasteiger partial charge in [-0.1, -0.05) is 0 Å². The molecule has 0 saturated carbocycles. The molecule has 0 radical (unpaired) electrons. The number of benzene rings is 1. The Morgan fingerprint density at radius 1 is 1.39 bits per heavy atom. The van der Waals surface area contributed by atoms with Gasteiger partial charge >= 0.3 is 0 Å². The highest BCUT2D eigenvalue weighted by Gasteiger charge is 2.27. The summed E-state index contributed by atoms with van der Waals surface area (Å²) in [6.45, 7) is 1.38. The molecule has 1 heterocycles. The first-order valence-electron chi connectivity index (χ1n) is 5.66. The third-order valence-corrected chi connectivity index (χ3v) is 2.87. The van der Waals surface area contributed by atoms with Crippen molar-refractivity contribution in [2.24, 2.45) is 5.73 Å². The Morgan fingerprint density at radius 3 is 2.67 bits per heavy atom.